The number of thiazole rings is 1. The zero-order valence-electron chi connectivity index (χ0n) is 14.0. The van der Waals surface area contributed by atoms with Gasteiger partial charge in [0, 0.05) is 37.3 Å². The van der Waals surface area contributed by atoms with Crippen molar-refractivity contribution in [3.63, 3.8) is 0 Å². The van der Waals surface area contributed by atoms with Gasteiger partial charge in [0.1, 0.15) is 0 Å². The Morgan fingerprint density at radius 2 is 2.17 bits per heavy atom. The third-order valence-electron chi connectivity index (χ3n) is 5.15. The molecule has 1 aromatic carbocycles. The lowest BCUT2D eigenvalue weighted by molar-refractivity contribution is 0.110. The summed E-state index contributed by atoms with van der Waals surface area (Å²) in [6.45, 7) is 8.01. The van der Waals surface area contributed by atoms with Crippen molar-refractivity contribution < 1.29 is 0 Å². The lowest BCUT2D eigenvalue weighted by Crippen LogP contribution is -2.48. The summed E-state index contributed by atoms with van der Waals surface area (Å²) in [5.41, 5.74) is 2.74. The highest BCUT2D eigenvalue weighted by molar-refractivity contribution is 7.15. The number of nitrogens with one attached hydrogen (secondary N) is 1. The smallest absolute Gasteiger partial charge is 0.0987 e. The highest BCUT2D eigenvalue weighted by atomic mass is 32.1. The zero-order valence-corrected chi connectivity index (χ0v) is 14.8. The van der Waals surface area contributed by atoms with Crippen molar-refractivity contribution in [1.29, 1.82) is 0 Å². The molecule has 1 aromatic heterocycles. The van der Waals surface area contributed by atoms with Crippen LogP contribution in [0.3, 0.4) is 0 Å². The van der Waals surface area contributed by atoms with Crippen LogP contribution in [0, 0.1) is 0 Å². The summed E-state index contributed by atoms with van der Waals surface area (Å²) in [6, 6.07) is 10.2. The van der Waals surface area contributed by atoms with E-state index < -0.39 is 0 Å². The Hall–Kier alpha value is -1.23. The molecule has 2 fully saturated rings. The number of hydrogen-bond acceptors (Lipinski definition) is 4. The first-order valence-corrected chi connectivity index (χ1v) is 9.56. The minimum atomic E-state index is 0.536. The third kappa shape index (κ3) is 3.08. The van der Waals surface area contributed by atoms with Crippen LogP contribution >= 0.6 is 11.3 Å². The maximum Gasteiger partial charge on any atom is 0.0987 e. The van der Waals surface area contributed by atoms with Gasteiger partial charge >= 0.3 is 0 Å². The van der Waals surface area contributed by atoms with Crippen LogP contribution < -0.4 is 5.32 Å². The summed E-state index contributed by atoms with van der Waals surface area (Å²) in [4.78, 5) is 8.53. The molecule has 2 saturated heterocycles. The predicted octanol–water partition coefficient (Wildman–Crippen LogP) is 4.04. The average Bonchev–Trinajstić information content (AvgIpc) is 3.17. The molecule has 2 aromatic rings. The third-order valence-corrected chi connectivity index (χ3v) is 6.36. The van der Waals surface area contributed by atoms with E-state index in [1.807, 2.05) is 11.3 Å². The van der Waals surface area contributed by atoms with Gasteiger partial charge in [0.2, 0.25) is 0 Å². The van der Waals surface area contributed by atoms with E-state index in [2.05, 4.69) is 54.5 Å². The van der Waals surface area contributed by atoms with Crippen LogP contribution in [0.2, 0.25) is 0 Å². The standard InChI is InChI=1S/C19H25N3S/c1-13(2)22-11-16(12-22)19-21-10-18(23-19)15-6-3-5-14(9-15)17-7-4-8-20-17/h3,5-6,9-10,13,16-17,20H,4,7-8,11-12H2,1-2H3. The molecule has 3 heterocycles. The molecule has 0 radical (unpaired) electrons. The van der Waals surface area contributed by atoms with Gasteiger partial charge in [0.15, 0.2) is 0 Å². The lowest BCUT2D eigenvalue weighted by Gasteiger charge is -2.41. The second-order valence-electron chi connectivity index (χ2n) is 7.08. The van der Waals surface area contributed by atoms with Crippen LogP contribution in [0.5, 0.6) is 0 Å². The minimum absolute atomic E-state index is 0.536. The van der Waals surface area contributed by atoms with Gasteiger partial charge in [0.05, 0.1) is 9.88 Å². The number of likely N-dealkylation sites (tertiary alicyclic amines) is 1. The number of rotatable bonds is 4. The fraction of sp³-hybridized carbons (Fsp3) is 0.526. The van der Waals surface area contributed by atoms with E-state index in [9.17, 15) is 0 Å². The molecule has 2 aliphatic rings. The molecule has 0 spiro atoms. The molecule has 1 N–H and O–H groups in total. The first-order chi connectivity index (χ1) is 11.2. The second-order valence-corrected chi connectivity index (χ2v) is 8.14. The van der Waals surface area contributed by atoms with Gasteiger partial charge in [-0.3, -0.25) is 4.90 Å². The van der Waals surface area contributed by atoms with Crippen molar-refractivity contribution in [2.45, 2.75) is 44.7 Å². The van der Waals surface area contributed by atoms with E-state index in [1.165, 1.54) is 33.9 Å². The fourth-order valence-electron chi connectivity index (χ4n) is 3.58. The Morgan fingerprint density at radius 1 is 1.30 bits per heavy atom. The molecule has 0 amide bonds. The van der Waals surface area contributed by atoms with Gasteiger partial charge < -0.3 is 5.32 Å². The molecule has 0 saturated carbocycles. The molecule has 1 atom stereocenters. The number of nitrogens with zero attached hydrogens (tertiary/aromatic N) is 2. The van der Waals surface area contributed by atoms with E-state index in [0.29, 0.717) is 18.0 Å². The van der Waals surface area contributed by atoms with Gasteiger partial charge in [-0.1, -0.05) is 18.2 Å². The Kier molecular flexibility index (Phi) is 4.22. The quantitative estimate of drug-likeness (QED) is 0.918. The van der Waals surface area contributed by atoms with Crippen molar-refractivity contribution in [2.24, 2.45) is 0 Å². The SMILES string of the molecule is CC(C)N1CC(c2ncc(-c3cccc(C4CCCN4)c3)s2)C1. The van der Waals surface area contributed by atoms with Gasteiger partial charge in [-0.25, -0.2) is 4.98 Å². The molecule has 0 bridgehead atoms. The topological polar surface area (TPSA) is 28.2 Å². The molecule has 3 nitrogen and oxygen atoms in total. The molecular formula is C19H25N3S. The normalized spacial score (nSPS) is 22.7. The average molecular weight is 327 g/mol. The summed E-state index contributed by atoms with van der Waals surface area (Å²) in [6.07, 6.45) is 4.61. The van der Waals surface area contributed by atoms with Crippen molar-refractivity contribution in [1.82, 2.24) is 15.2 Å². The van der Waals surface area contributed by atoms with Gasteiger partial charge in [-0.05, 0) is 50.4 Å². The van der Waals surface area contributed by atoms with Crippen LogP contribution in [0.15, 0.2) is 30.5 Å². The van der Waals surface area contributed by atoms with Gasteiger partial charge in [0.25, 0.3) is 0 Å². The monoisotopic (exact) mass is 327 g/mol. The number of hydrogen-bond donors (Lipinski definition) is 1. The summed E-state index contributed by atoms with van der Waals surface area (Å²) in [5, 5.41) is 4.90. The summed E-state index contributed by atoms with van der Waals surface area (Å²) < 4.78 is 0. The van der Waals surface area contributed by atoms with Crippen molar-refractivity contribution in [2.75, 3.05) is 19.6 Å². The predicted molar refractivity (Wildman–Crippen MR) is 97.0 cm³/mol. The van der Waals surface area contributed by atoms with E-state index in [1.54, 1.807) is 0 Å². The van der Waals surface area contributed by atoms with Crippen LogP contribution in [-0.2, 0) is 0 Å². The van der Waals surface area contributed by atoms with Gasteiger partial charge in [-0.15, -0.1) is 11.3 Å². The Morgan fingerprint density at radius 3 is 2.91 bits per heavy atom. The number of benzene rings is 1. The summed E-state index contributed by atoms with van der Waals surface area (Å²) in [5.74, 6) is 0.635. The minimum Gasteiger partial charge on any atom is -0.310 e. The van der Waals surface area contributed by atoms with E-state index in [4.69, 9.17) is 4.98 Å². The molecule has 4 rings (SSSR count). The van der Waals surface area contributed by atoms with Gasteiger partial charge in [-0.2, -0.15) is 0 Å². The van der Waals surface area contributed by atoms with Crippen LogP contribution in [-0.4, -0.2) is 35.6 Å². The maximum atomic E-state index is 4.71. The molecule has 1 unspecified atom stereocenters. The first-order valence-electron chi connectivity index (χ1n) is 8.74. The van der Waals surface area contributed by atoms with E-state index in [0.717, 1.165) is 19.6 Å². The van der Waals surface area contributed by atoms with Crippen LogP contribution in [0.1, 0.15) is 49.2 Å². The van der Waals surface area contributed by atoms with E-state index >= 15 is 0 Å². The lowest BCUT2D eigenvalue weighted by atomic mass is 9.99. The fourth-order valence-corrected chi connectivity index (χ4v) is 4.57. The maximum absolute atomic E-state index is 4.71. The highest BCUT2D eigenvalue weighted by Gasteiger charge is 2.31. The first kappa shape index (κ1) is 15.3. The summed E-state index contributed by atoms with van der Waals surface area (Å²) >= 11 is 1.88. The zero-order chi connectivity index (χ0) is 15.8. The number of aromatic nitrogens is 1. The molecule has 122 valence electrons. The second kappa shape index (κ2) is 6.34. The Bertz CT molecular complexity index is 667. The van der Waals surface area contributed by atoms with E-state index in [-0.39, 0.29) is 0 Å². The molecular weight excluding hydrogens is 302 g/mol. The Labute approximate surface area is 142 Å². The Balaban J connectivity index is 1.50. The molecule has 2 aliphatic heterocycles. The van der Waals surface area contributed by atoms with Crippen LogP contribution in [0.25, 0.3) is 10.4 Å². The van der Waals surface area contributed by atoms with Crippen LogP contribution in [0.4, 0.5) is 0 Å². The van der Waals surface area contributed by atoms with Crippen molar-refractivity contribution >= 4 is 11.3 Å². The molecule has 4 heteroatoms. The highest BCUT2D eigenvalue weighted by Crippen LogP contribution is 2.36. The largest absolute Gasteiger partial charge is 0.310 e. The molecule has 0 aliphatic carbocycles. The van der Waals surface area contributed by atoms with Crippen molar-refractivity contribution in [3.05, 3.63) is 41.0 Å². The van der Waals surface area contributed by atoms with Crippen molar-refractivity contribution in [3.8, 4) is 10.4 Å². The summed E-state index contributed by atoms with van der Waals surface area (Å²) in [7, 11) is 0. The molecule has 23 heavy (non-hydrogen) atoms.